The number of hydrogen-bond donors (Lipinski definition) is 10. The fourth-order valence-corrected chi connectivity index (χ4v) is 15.7. The van der Waals surface area contributed by atoms with Crippen molar-refractivity contribution in [2.24, 2.45) is 0 Å². The summed E-state index contributed by atoms with van der Waals surface area (Å²) in [6.45, 7) is 24.9. The third-order valence-electron chi connectivity index (χ3n) is 18.6. The molecule has 4 aliphatic rings. The Kier molecular flexibility index (Phi) is 27.2. The first-order valence-electron chi connectivity index (χ1n) is 34.3. The van der Waals surface area contributed by atoms with E-state index in [2.05, 4.69) is 300 Å². The first-order chi connectivity index (χ1) is 49.2. The summed E-state index contributed by atoms with van der Waals surface area (Å²) in [5.41, 5.74) is 12.6. The summed E-state index contributed by atoms with van der Waals surface area (Å²) >= 11 is 45.5. The van der Waals surface area contributed by atoms with Crippen molar-refractivity contribution < 1.29 is 18.9 Å². The molecule has 0 aromatic heterocycles. The molecular formula is C88H88O4S10. The van der Waals surface area contributed by atoms with Crippen molar-refractivity contribution in [3.63, 3.8) is 0 Å². The molecule has 0 amide bonds. The third-order valence-corrected chi connectivity index (χ3v) is 22.4. The first-order valence-corrected chi connectivity index (χ1v) is 38.7. The lowest BCUT2D eigenvalue weighted by Crippen LogP contribution is -2.29. The maximum absolute atomic E-state index is 6.27. The minimum Gasteiger partial charge on any atom is -0.457 e. The largest absolute Gasteiger partial charge is 0.457 e. The van der Waals surface area contributed by atoms with E-state index in [-0.39, 0.29) is 21.7 Å². The van der Waals surface area contributed by atoms with Gasteiger partial charge in [0.2, 0.25) is 0 Å². The summed E-state index contributed by atoms with van der Waals surface area (Å²) in [6.07, 6.45) is 0. The Hall–Kier alpha value is -6.66. The molecule has 4 nitrogen and oxygen atoms in total. The van der Waals surface area contributed by atoms with Gasteiger partial charge in [-0.1, -0.05) is 225 Å². The van der Waals surface area contributed by atoms with Crippen molar-refractivity contribution in [1.82, 2.24) is 0 Å². The van der Waals surface area contributed by atoms with E-state index < -0.39 is 0 Å². The molecule has 0 saturated carbocycles. The highest BCUT2D eigenvalue weighted by Crippen LogP contribution is 2.59. The van der Waals surface area contributed by atoms with Crippen LogP contribution >= 0.6 is 126 Å². The summed E-state index contributed by atoms with van der Waals surface area (Å²) in [5, 5.41) is 0. The molecule has 4 heterocycles. The Labute approximate surface area is 660 Å². The molecule has 14 heteroatoms. The maximum atomic E-state index is 6.27. The van der Waals surface area contributed by atoms with Crippen molar-refractivity contribution in [3.05, 3.63) is 322 Å². The molecular weight excluding hydrogens is 1440 g/mol. The second-order valence-electron chi connectivity index (χ2n) is 24.0. The molecule has 0 fully saturated rings. The molecule has 0 N–H and O–H groups in total. The van der Waals surface area contributed by atoms with Crippen molar-refractivity contribution in [1.29, 1.82) is 0 Å². The molecule has 12 aromatic carbocycles. The van der Waals surface area contributed by atoms with Gasteiger partial charge in [-0.15, -0.1) is 126 Å². The lowest BCUT2D eigenvalue weighted by atomic mass is 9.69. The minimum atomic E-state index is -0.387. The number of para-hydroxylation sites is 2. The van der Waals surface area contributed by atoms with Crippen LogP contribution in [0.25, 0.3) is 0 Å². The summed E-state index contributed by atoms with van der Waals surface area (Å²) in [6, 6.07) is 86.6. The number of thiol groups is 10. The zero-order chi connectivity index (χ0) is 73.8. The first kappa shape index (κ1) is 79.5. The van der Waals surface area contributed by atoms with Gasteiger partial charge >= 0.3 is 0 Å². The topological polar surface area (TPSA) is 36.9 Å². The lowest BCUT2D eigenvalue weighted by molar-refractivity contribution is 0.403. The summed E-state index contributed by atoms with van der Waals surface area (Å²) in [7, 11) is 0. The standard InChI is InChI=1S/C20H16OS4.3C20H16OS2.4C2H6/c1-20(11-5-3-2-4-6-11)12-7-9-14(22)18(24)16(12)21-17-13(20)8-10-15(23)19(17)25;1-20(13-7-3-2-4-8-13)14-9-5-11-16(22)18(14)21-19-15(20)10-6-12-17(19)23;1-20(13-5-3-2-4-6-13)16-11-14(22)7-9-18(16)21-19-10-8-15(23)12-17(19)20;1-20(13-5-3-2-4-6-13)16-9-7-14(22)11-18(16)21-19-12-15(23)8-10-17(19)20;4*1-2/h2-10,22-25H,1H3;3*2-12,22-23H,1H3;4*1-2H3. The third kappa shape index (κ3) is 15.4. The Morgan fingerprint density at radius 2 is 0.471 bits per heavy atom. The van der Waals surface area contributed by atoms with Crippen molar-refractivity contribution in [2.45, 2.75) is 154 Å². The zero-order valence-electron chi connectivity index (χ0n) is 59.4. The van der Waals surface area contributed by atoms with Gasteiger partial charge in [0, 0.05) is 105 Å². The SMILES string of the molecule is CC.CC.CC.CC.CC1(c2ccccc2)c2cc(S)ccc2Oc2ccc(S)cc21.CC1(c2ccccc2)c2ccc(S)c(S)c2Oc2c1ccc(S)c2S.CC1(c2ccccc2)c2ccc(S)cc2Oc2cc(S)ccc21.CC1(c2ccccc2)c2cccc(S)c2Oc2c(S)cccc21. The molecule has 0 spiro atoms. The van der Waals surface area contributed by atoms with Crippen LogP contribution in [-0.2, 0) is 21.7 Å². The second kappa shape index (κ2) is 35.0. The van der Waals surface area contributed by atoms with Gasteiger partial charge < -0.3 is 18.9 Å². The van der Waals surface area contributed by atoms with Crippen molar-refractivity contribution in [3.8, 4) is 46.0 Å². The highest BCUT2D eigenvalue weighted by atomic mass is 32.1. The van der Waals surface area contributed by atoms with Gasteiger partial charge in [-0.2, -0.15) is 0 Å². The molecule has 0 radical (unpaired) electrons. The van der Waals surface area contributed by atoms with E-state index in [1.165, 1.54) is 22.3 Å². The fraction of sp³-hybridized carbons (Fsp3) is 0.182. The highest BCUT2D eigenvalue weighted by Gasteiger charge is 2.45. The van der Waals surface area contributed by atoms with E-state index in [1.54, 1.807) is 0 Å². The number of hydrogen-bond acceptors (Lipinski definition) is 14. The van der Waals surface area contributed by atoms with E-state index in [4.69, 9.17) is 18.9 Å². The number of rotatable bonds is 4. The predicted molar refractivity (Wildman–Crippen MR) is 458 cm³/mol. The molecule has 0 saturated heterocycles. The summed E-state index contributed by atoms with van der Waals surface area (Å²) in [5.74, 6) is 6.56. The zero-order valence-corrected chi connectivity index (χ0v) is 68.3. The van der Waals surface area contributed by atoms with Crippen LogP contribution in [0.1, 0.15) is 150 Å². The van der Waals surface area contributed by atoms with Gasteiger partial charge in [0.05, 0.1) is 9.79 Å². The van der Waals surface area contributed by atoms with Gasteiger partial charge in [-0.05, 0) is 135 Å². The molecule has 0 atom stereocenters. The van der Waals surface area contributed by atoms with Crippen LogP contribution in [0.3, 0.4) is 0 Å². The quantitative estimate of drug-likeness (QED) is 0.0816. The van der Waals surface area contributed by atoms with E-state index in [0.29, 0.717) is 0 Å². The van der Waals surface area contributed by atoms with Crippen LogP contribution in [0.5, 0.6) is 46.0 Å². The smallest absolute Gasteiger partial charge is 0.146 e. The van der Waals surface area contributed by atoms with Crippen LogP contribution in [0.2, 0.25) is 0 Å². The Bertz CT molecular complexity index is 4610. The van der Waals surface area contributed by atoms with Crippen LogP contribution < -0.4 is 18.9 Å². The van der Waals surface area contributed by atoms with E-state index in [9.17, 15) is 0 Å². The van der Waals surface area contributed by atoms with Gasteiger partial charge in [0.1, 0.15) is 46.0 Å². The van der Waals surface area contributed by atoms with Gasteiger partial charge in [0.15, 0.2) is 0 Å². The number of benzene rings is 12. The highest BCUT2D eigenvalue weighted by molar-refractivity contribution is 7.84. The molecule has 16 rings (SSSR count). The van der Waals surface area contributed by atoms with E-state index >= 15 is 0 Å². The van der Waals surface area contributed by atoms with Gasteiger partial charge in [-0.25, -0.2) is 0 Å². The molecule has 0 bridgehead atoms. The lowest BCUT2D eigenvalue weighted by Gasteiger charge is -2.39. The average molecular weight is 1530 g/mol. The molecule has 0 unspecified atom stereocenters. The minimum absolute atomic E-state index is 0.271. The molecule has 4 aliphatic heterocycles. The summed E-state index contributed by atoms with van der Waals surface area (Å²) in [4.78, 5) is 8.34. The molecule has 524 valence electrons. The Morgan fingerprint density at radius 3 is 0.814 bits per heavy atom. The van der Waals surface area contributed by atoms with Crippen LogP contribution in [0.15, 0.2) is 304 Å². The monoisotopic (exact) mass is 1530 g/mol. The number of fused-ring (bicyclic) bond motifs is 8. The average Bonchev–Trinajstić information content (AvgIpc) is 0.750. The van der Waals surface area contributed by atoms with Crippen molar-refractivity contribution >= 4 is 126 Å². The van der Waals surface area contributed by atoms with Crippen molar-refractivity contribution in [2.75, 3.05) is 0 Å². The van der Waals surface area contributed by atoms with E-state index in [0.717, 1.165) is 139 Å². The Balaban J connectivity index is 0.000000153. The second-order valence-corrected chi connectivity index (χ2v) is 28.9. The Morgan fingerprint density at radius 1 is 0.206 bits per heavy atom. The normalized spacial score (nSPS) is 13.6. The predicted octanol–water partition coefficient (Wildman–Crippen LogP) is 27.6. The number of ether oxygens (including phenoxy) is 4. The van der Waals surface area contributed by atoms with Crippen LogP contribution in [0.4, 0.5) is 0 Å². The maximum Gasteiger partial charge on any atom is 0.146 e. The van der Waals surface area contributed by atoms with Crippen LogP contribution in [0, 0.1) is 0 Å². The van der Waals surface area contributed by atoms with Gasteiger partial charge in [0.25, 0.3) is 0 Å². The van der Waals surface area contributed by atoms with Crippen LogP contribution in [-0.4, -0.2) is 0 Å². The fourth-order valence-electron chi connectivity index (χ4n) is 13.5. The molecule has 0 aliphatic carbocycles. The van der Waals surface area contributed by atoms with E-state index in [1.807, 2.05) is 165 Å². The molecule has 102 heavy (non-hydrogen) atoms. The molecule has 12 aromatic rings. The van der Waals surface area contributed by atoms with Gasteiger partial charge in [-0.3, -0.25) is 0 Å². The summed E-state index contributed by atoms with van der Waals surface area (Å²) < 4.78 is 24.8.